The minimum absolute atomic E-state index is 0.304. The van der Waals surface area contributed by atoms with Crippen LogP contribution in [0.1, 0.15) is 36.7 Å². The fourth-order valence-electron chi connectivity index (χ4n) is 1.94. The van der Waals surface area contributed by atoms with Gasteiger partial charge in [-0.3, -0.25) is 0 Å². The van der Waals surface area contributed by atoms with Crippen LogP contribution in [-0.4, -0.2) is 28.2 Å². The molecular weight excluding hydrogens is 373 g/mol. The number of rotatable bonds is 5. The summed E-state index contributed by atoms with van der Waals surface area (Å²) >= 11 is 1.10. The van der Waals surface area contributed by atoms with E-state index in [1.54, 1.807) is 36.4 Å². The third-order valence-electron chi connectivity index (χ3n) is 3.31. The van der Waals surface area contributed by atoms with Crippen LogP contribution in [0, 0.1) is 5.82 Å². The number of nitrogens with zero attached hydrogens (tertiary/aromatic N) is 1. The number of esters is 1. The van der Waals surface area contributed by atoms with Crippen molar-refractivity contribution >= 4 is 34.9 Å². The largest absolute Gasteiger partial charge is 0.465 e. The number of ether oxygens (including phenoxy) is 1. The maximum Gasteiger partial charge on any atom is 0.339 e. The smallest absolute Gasteiger partial charge is 0.339 e. The Morgan fingerprint density at radius 1 is 1.19 bits per heavy atom. The second-order valence-electron chi connectivity index (χ2n) is 6.34. The van der Waals surface area contributed by atoms with Crippen molar-refractivity contribution in [2.75, 3.05) is 7.11 Å². The van der Waals surface area contributed by atoms with Crippen molar-refractivity contribution < 1.29 is 18.1 Å². The van der Waals surface area contributed by atoms with Crippen LogP contribution in [0.3, 0.4) is 0 Å². The van der Waals surface area contributed by atoms with Gasteiger partial charge < -0.3 is 4.74 Å². The molecule has 0 aliphatic rings. The molecule has 1 atom stereocenters. The fraction of sp³-hybridized carbons (Fsp3) is 0.263. The van der Waals surface area contributed by atoms with E-state index in [4.69, 9.17) is 4.74 Å². The zero-order valence-electron chi connectivity index (χ0n) is 15.0. The van der Waals surface area contributed by atoms with E-state index < -0.39 is 27.5 Å². The zero-order chi connectivity index (χ0) is 19.3. The van der Waals surface area contributed by atoms with E-state index in [0.29, 0.717) is 20.9 Å². The van der Waals surface area contributed by atoms with Gasteiger partial charge in [0.05, 0.1) is 22.3 Å². The van der Waals surface area contributed by atoms with Crippen molar-refractivity contribution in [2.45, 2.75) is 35.3 Å². The Morgan fingerprint density at radius 3 is 2.54 bits per heavy atom. The molecule has 0 heterocycles. The SMILES string of the molecule is COC(=O)c1ccccc1Sc1c(F)cccc1/C=N/S(=O)C(C)(C)C. The summed E-state index contributed by atoms with van der Waals surface area (Å²) in [6, 6.07) is 11.4. The van der Waals surface area contributed by atoms with Gasteiger partial charge in [-0.2, -0.15) is 4.40 Å². The monoisotopic (exact) mass is 393 g/mol. The summed E-state index contributed by atoms with van der Waals surface area (Å²) < 4.78 is 34.9. The van der Waals surface area contributed by atoms with E-state index in [1.807, 2.05) is 20.8 Å². The number of benzene rings is 2. The highest BCUT2D eigenvalue weighted by atomic mass is 32.2. The lowest BCUT2D eigenvalue weighted by atomic mass is 10.2. The van der Waals surface area contributed by atoms with Crippen LogP contribution in [0.15, 0.2) is 56.7 Å². The first-order valence-corrected chi connectivity index (χ1v) is 9.76. The highest BCUT2D eigenvalue weighted by molar-refractivity contribution is 7.99. The number of carbonyl (C=O) groups is 1. The minimum atomic E-state index is -1.45. The lowest BCUT2D eigenvalue weighted by Crippen LogP contribution is -2.19. The Balaban J connectivity index is 2.42. The fourth-order valence-corrected chi connectivity index (χ4v) is 3.50. The molecule has 0 fully saturated rings. The Labute approximate surface area is 159 Å². The van der Waals surface area contributed by atoms with Gasteiger partial charge in [0, 0.05) is 16.7 Å². The first-order chi connectivity index (χ1) is 12.2. The molecule has 0 saturated heterocycles. The highest BCUT2D eigenvalue weighted by Crippen LogP contribution is 2.34. The van der Waals surface area contributed by atoms with Gasteiger partial charge in [-0.05, 0) is 39.0 Å². The quantitative estimate of drug-likeness (QED) is 0.548. The van der Waals surface area contributed by atoms with Gasteiger partial charge >= 0.3 is 5.97 Å². The van der Waals surface area contributed by atoms with Crippen LogP contribution in [0.2, 0.25) is 0 Å². The second-order valence-corrected chi connectivity index (χ2v) is 9.33. The molecule has 0 aromatic heterocycles. The van der Waals surface area contributed by atoms with E-state index in [1.165, 1.54) is 19.4 Å². The number of hydrogen-bond donors (Lipinski definition) is 0. The van der Waals surface area contributed by atoms with E-state index in [-0.39, 0.29) is 0 Å². The topological polar surface area (TPSA) is 55.7 Å². The maximum atomic E-state index is 14.4. The molecule has 0 saturated carbocycles. The van der Waals surface area contributed by atoms with Crippen molar-refractivity contribution in [1.29, 1.82) is 0 Å². The van der Waals surface area contributed by atoms with E-state index in [2.05, 4.69) is 4.40 Å². The van der Waals surface area contributed by atoms with Crippen molar-refractivity contribution in [3.8, 4) is 0 Å². The molecule has 0 aliphatic heterocycles. The molecule has 0 spiro atoms. The van der Waals surface area contributed by atoms with Crippen LogP contribution < -0.4 is 0 Å². The normalized spacial score (nSPS) is 13.0. The Bertz CT molecular complexity index is 860. The zero-order valence-corrected chi connectivity index (χ0v) is 16.6. The Hall–Kier alpha value is -1.99. The molecule has 4 nitrogen and oxygen atoms in total. The lowest BCUT2D eigenvalue weighted by molar-refractivity contribution is 0.0597. The standard InChI is InChI=1S/C19H20FNO3S2/c1-19(2,3)26(23)21-12-13-8-7-10-15(20)17(13)25-16-11-6-5-9-14(16)18(22)24-4/h5-12H,1-4H3/b21-12+. The second kappa shape index (κ2) is 8.60. The molecule has 2 aromatic rings. The summed E-state index contributed by atoms with van der Waals surface area (Å²) in [6.07, 6.45) is 1.41. The molecular formula is C19H20FNO3S2. The molecule has 26 heavy (non-hydrogen) atoms. The van der Waals surface area contributed by atoms with Crippen LogP contribution >= 0.6 is 11.8 Å². The summed E-state index contributed by atoms with van der Waals surface area (Å²) in [5.74, 6) is -0.936. The molecule has 2 rings (SSSR count). The van der Waals surface area contributed by atoms with Crippen molar-refractivity contribution in [1.82, 2.24) is 0 Å². The molecule has 0 amide bonds. The minimum Gasteiger partial charge on any atom is -0.465 e. The van der Waals surface area contributed by atoms with Gasteiger partial charge in [-0.15, -0.1) is 0 Å². The number of methoxy groups -OCH3 is 1. The molecule has 0 bridgehead atoms. The van der Waals surface area contributed by atoms with E-state index >= 15 is 0 Å². The van der Waals surface area contributed by atoms with Crippen molar-refractivity contribution in [3.05, 3.63) is 59.4 Å². The molecule has 2 aromatic carbocycles. The summed E-state index contributed by atoms with van der Waals surface area (Å²) in [6.45, 7) is 5.44. The van der Waals surface area contributed by atoms with Gasteiger partial charge in [0.15, 0.2) is 0 Å². The average Bonchev–Trinajstić information content (AvgIpc) is 2.60. The van der Waals surface area contributed by atoms with E-state index in [9.17, 15) is 13.4 Å². The van der Waals surface area contributed by atoms with E-state index in [0.717, 1.165) is 11.8 Å². The predicted molar refractivity (Wildman–Crippen MR) is 104 cm³/mol. The first-order valence-electron chi connectivity index (χ1n) is 7.84. The number of carbonyl (C=O) groups excluding carboxylic acids is 1. The van der Waals surface area contributed by atoms with Gasteiger partial charge in [-0.1, -0.05) is 36.0 Å². The first kappa shape index (κ1) is 20.3. The third-order valence-corrected chi connectivity index (χ3v) is 5.87. The van der Waals surface area contributed by atoms with Crippen LogP contribution in [0.4, 0.5) is 4.39 Å². The van der Waals surface area contributed by atoms with Gasteiger partial charge in [-0.25, -0.2) is 13.4 Å². The van der Waals surface area contributed by atoms with Crippen LogP contribution in [0.25, 0.3) is 0 Å². The maximum absolute atomic E-state index is 14.4. The Morgan fingerprint density at radius 2 is 1.88 bits per heavy atom. The lowest BCUT2D eigenvalue weighted by Gasteiger charge is -2.13. The number of hydrogen-bond acceptors (Lipinski definition) is 4. The third kappa shape index (κ3) is 5.02. The summed E-state index contributed by atoms with van der Waals surface area (Å²) in [7, 11) is -0.150. The summed E-state index contributed by atoms with van der Waals surface area (Å²) in [5, 5.41) is 0. The average molecular weight is 394 g/mol. The molecule has 0 aliphatic carbocycles. The Kier molecular flexibility index (Phi) is 6.72. The van der Waals surface area contributed by atoms with Gasteiger partial charge in [0.1, 0.15) is 16.8 Å². The summed E-state index contributed by atoms with van der Waals surface area (Å²) in [5.41, 5.74) is 0.844. The molecule has 138 valence electrons. The predicted octanol–water partition coefficient (Wildman–Crippen LogP) is 4.64. The van der Waals surface area contributed by atoms with Crippen LogP contribution in [-0.2, 0) is 15.7 Å². The number of halogens is 1. The summed E-state index contributed by atoms with van der Waals surface area (Å²) in [4.78, 5) is 12.8. The van der Waals surface area contributed by atoms with Crippen LogP contribution in [0.5, 0.6) is 0 Å². The van der Waals surface area contributed by atoms with Crippen molar-refractivity contribution in [3.63, 3.8) is 0 Å². The van der Waals surface area contributed by atoms with Gasteiger partial charge in [0.2, 0.25) is 0 Å². The molecule has 0 N–H and O–H groups in total. The molecule has 7 heteroatoms. The molecule has 1 unspecified atom stereocenters. The van der Waals surface area contributed by atoms with Gasteiger partial charge in [0.25, 0.3) is 0 Å². The van der Waals surface area contributed by atoms with Crippen molar-refractivity contribution in [2.24, 2.45) is 4.40 Å². The molecule has 0 radical (unpaired) electrons. The highest BCUT2D eigenvalue weighted by Gasteiger charge is 2.19.